The van der Waals surface area contributed by atoms with Crippen LogP contribution in [0, 0.1) is 5.92 Å². The highest BCUT2D eigenvalue weighted by molar-refractivity contribution is 5.76. The van der Waals surface area contributed by atoms with Crippen LogP contribution < -0.4 is 5.73 Å². The lowest BCUT2D eigenvalue weighted by atomic mass is 10.0. The SMILES string of the molecule is CCCN(Cc1ccc(N)cc1)C(=O)CC(C)CC. The Bertz CT molecular complexity index is 386. The van der Waals surface area contributed by atoms with Gasteiger partial charge in [-0.15, -0.1) is 0 Å². The van der Waals surface area contributed by atoms with Crippen LogP contribution in [0.1, 0.15) is 45.6 Å². The molecule has 2 N–H and O–H groups in total. The van der Waals surface area contributed by atoms with E-state index in [4.69, 9.17) is 5.73 Å². The first kappa shape index (κ1) is 15.5. The van der Waals surface area contributed by atoms with Gasteiger partial charge in [-0.2, -0.15) is 0 Å². The zero-order valence-electron chi connectivity index (χ0n) is 12.4. The van der Waals surface area contributed by atoms with E-state index in [9.17, 15) is 4.79 Å². The Labute approximate surface area is 116 Å². The van der Waals surface area contributed by atoms with Crippen LogP contribution >= 0.6 is 0 Å². The number of hydrogen-bond acceptors (Lipinski definition) is 2. The van der Waals surface area contributed by atoms with E-state index >= 15 is 0 Å². The second kappa shape index (κ2) is 7.82. The topological polar surface area (TPSA) is 46.3 Å². The Morgan fingerprint density at radius 1 is 1.26 bits per heavy atom. The van der Waals surface area contributed by atoms with Gasteiger partial charge in [-0.05, 0) is 30.0 Å². The third-order valence-corrected chi connectivity index (χ3v) is 3.42. The molecule has 0 aliphatic heterocycles. The zero-order valence-corrected chi connectivity index (χ0v) is 12.4. The molecule has 106 valence electrons. The molecule has 0 aromatic heterocycles. The van der Waals surface area contributed by atoms with E-state index in [1.807, 2.05) is 29.2 Å². The lowest BCUT2D eigenvalue weighted by Gasteiger charge is -2.23. The first-order valence-electron chi connectivity index (χ1n) is 7.19. The summed E-state index contributed by atoms with van der Waals surface area (Å²) in [7, 11) is 0. The van der Waals surface area contributed by atoms with Crippen LogP contribution in [0.4, 0.5) is 5.69 Å². The molecule has 0 aliphatic rings. The largest absolute Gasteiger partial charge is 0.399 e. The maximum Gasteiger partial charge on any atom is 0.223 e. The van der Waals surface area contributed by atoms with E-state index in [0.29, 0.717) is 18.9 Å². The summed E-state index contributed by atoms with van der Waals surface area (Å²) >= 11 is 0. The molecule has 1 aromatic carbocycles. The fourth-order valence-corrected chi connectivity index (χ4v) is 1.98. The predicted octanol–water partition coefficient (Wildman–Crippen LogP) is 3.44. The molecule has 0 heterocycles. The van der Waals surface area contributed by atoms with Crippen LogP contribution in [-0.4, -0.2) is 17.4 Å². The average molecular weight is 262 g/mol. The molecule has 0 saturated heterocycles. The van der Waals surface area contributed by atoms with Crippen LogP contribution in [0.15, 0.2) is 24.3 Å². The number of carbonyl (C=O) groups is 1. The van der Waals surface area contributed by atoms with Gasteiger partial charge in [-0.25, -0.2) is 0 Å². The summed E-state index contributed by atoms with van der Waals surface area (Å²) in [5.41, 5.74) is 7.58. The molecular formula is C16H26N2O. The van der Waals surface area contributed by atoms with Gasteiger partial charge in [0.05, 0.1) is 0 Å². The van der Waals surface area contributed by atoms with Gasteiger partial charge >= 0.3 is 0 Å². The highest BCUT2D eigenvalue weighted by Crippen LogP contribution is 2.13. The van der Waals surface area contributed by atoms with Crippen molar-refractivity contribution in [2.75, 3.05) is 12.3 Å². The highest BCUT2D eigenvalue weighted by atomic mass is 16.2. The summed E-state index contributed by atoms with van der Waals surface area (Å²) in [4.78, 5) is 14.2. The Morgan fingerprint density at radius 2 is 1.89 bits per heavy atom. The second-order valence-electron chi connectivity index (χ2n) is 5.27. The van der Waals surface area contributed by atoms with Gasteiger partial charge in [-0.3, -0.25) is 4.79 Å². The average Bonchev–Trinajstić information content (AvgIpc) is 2.40. The van der Waals surface area contributed by atoms with E-state index < -0.39 is 0 Å². The number of rotatable bonds is 7. The molecule has 3 nitrogen and oxygen atoms in total. The fourth-order valence-electron chi connectivity index (χ4n) is 1.98. The smallest absolute Gasteiger partial charge is 0.223 e. The zero-order chi connectivity index (χ0) is 14.3. The number of anilines is 1. The van der Waals surface area contributed by atoms with Gasteiger partial charge in [0.25, 0.3) is 0 Å². The van der Waals surface area contributed by atoms with Crippen molar-refractivity contribution in [3.05, 3.63) is 29.8 Å². The molecule has 3 heteroatoms. The first-order valence-corrected chi connectivity index (χ1v) is 7.19. The summed E-state index contributed by atoms with van der Waals surface area (Å²) < 4.78 is 0. The number of carbonyl (C=O) groups excluding carboxylic acids is 1. The first-order chi connectivity index (χ1) is 9.06. The molecule has 1 unspecified atom stereocenters. The Morgan fingerprint density at radius 3 is 2.42 bits per heavy atom. The summed E-state index contributed by atoms with van der Waals surface area (Å²) in [6.45, 7) is 7.86. The van der Waals surface area contributed by atoms with E-state index in [1.54, 1.807) is 0 Å². The minimum absolute atomic E-state index is 0.257. The van der Waals surface area contributed by atoms with Crippen molar-refractivity contribution in [2.45, 2.75) is 46.6 Å². The summed E-state index contributed by atoms with van der Waals surface area (Å²) in [5.74, 6) is 0.714. The van der Waals surface area contributed by atoms with Crippen molar-refractivity contribution in [1.82, 2.24) is 4.90 Å². The van der Waals surface area contributed by atoms with Crippen molar-refractivity contribution in [1.29, 1.82) is 0 Å². The van der Waals surface area contributed by atoms with Crippen molar-refractivity contribution < 1.29 is 4.79 Å². The van der Waals surface area contributed by atoms with E-state index in [2.05, 4.69) is 20.8 Å². The third-order valence-electron chi connectivity index (χ3n) is 3.42. The molecule has 1 aromatic rings. The predicted molar refractivity (Wildman–Crippen MR) is 80.6 cm³/mol. The van der Waals surface area contributed by atoms with Gasteiger partial charge in [0.1, 0.15) is 0 Å². The molecule has 0 saturated carbocycles. The van der Waals surface area contributed by atoms with Crippen LogP contribution in [0.2, 0.25) is 0 Å². The Balaban J connectivity index is 2.66. The summed E-state index contributed by atoms with van der Waals surface area (Å²) in [5, 5.41) is 0. The van der Waals surface area contributed by atoms with Crippen molar-refractivity contribution in [2.24, 2.45) is 5.92 Å². The number of amides is 1. The Hall–Kier alpha value is -1.51. The van der Waals surface area contributed by atoms with Gasteiger partial charge in [0.15, 0.2) is 0 Å². The minimum Gasteiger partial charge on any atom is -0.399 e. The van der Waals surface area contributed by atoms with Gasteiger partial charge in [-0.1, -0.05) is 39.3 Å². The van der Waals surface area contributed by atoms with Crippen LogP contribution in [0.5, 0.6) is 0 Å². The number of nitrogens with zero attached hydrogens (tertiary/aromatic N) is 1. The van der Waals surface area contributed by atoms with Crippen molar-refractivity contribution >= 4 is 11.6 Å². The normalized spacial score (nSPS) is 12.2. The minimum atomic E-state index is 0.257. The van der Waals surface area contributed by atoms with Crippen LogP contribution in [0.25, 0.3) is 0 Å². The molecular weight excluding hydrogens is 236 g/mol. The molecule has 1 atom stereocenters. The maximum absolute atomic E-state index is 12.3. The third kappa shape index (κ3) is 5.33. The molecule has 0 bridgehead atoms. The van der Waals surface area contributed by atoms with Gasteiger partial charge < -0.3 is 10.6 Å². The number of nitrogen functional groups attached to an aromatic ring is 1. The molecule has 0 radical (unpaired) electrons. The number of hydrogen-bond donors (Lipinski definition) is 1. The van der Waals surface area contributed by atoms with Crippen molar-refractivity contribution in [3.8, 4) is 0 Å². The van der Waals surface area contributed by atoms with Crippen molar-refractivity contribution in [3.63, 3.8) is 0 Å². The number of benzene rings is 1. The maximum atomic E-state index is 12.3. The monoisotopic (exact) mass is 262 g/mol. The summed E-state index contributed by atoms with van der Waals surface area (Å²) in [6, 6.07) is 7.76. The molecule has 0 spiro atoms. The molecule has 19 heavy (non-hydrogen) atoms. The van der Waals surface area contributed by atoms with Crippen LogP contribution in [0.3, 0.4) is 0 Å². The standard InChI is InChI=1S/C16H26N2O/c1-4-10-18(16(19)11-13(3)5-2)12-14-6-8-15(17)9-7-14/h6-9,13H,4-5,10-12,17H2,1-3H3. The Kier molecular flexibility index (Phi) is 6.40. The second-order valence-corrected chi connectivity index (χ2v) is 5.27. The molecule has 0 fully saturated rings. The lowest BCUT2D eigenvalue weighted by molar-refractivity contribution is -0.132. The van der Waals surface area contributed by atoms with E-state index in [1.165, 1.54) is 0 Å². The summed E-state index contributed by atoms with van der Waals surface area (Å²) in [6.07, 6.45) is 2.68. The molecule has 1 amide bonds. The van der Waals surface area contributed by atoms with Crippen LogP contribution in [-0.2, 0) is 11.3 Å². The highest BCUT2D eigenvalue weighted by Gasteiger charge is 2.15. The lowest BCUT2D eigenvalue weighted by Crippen LogP contribution is -2.32. The number of nitrogens with two attached hydrogens (primary N) is 1. The quantitative estimate of drug-likeness (QED) is 0.765. The van der Waals surface area contributed by atoms with Gasteiger partial charge in [0.2, 0.25) is 5.91 Å². The molecule has 1 rings (SSSR count). The van der Waals surface area contributed by atoms with E-state index in [0.717, 1.165) is 30.6 Å². The fraction of sp³-hybridized carbons (Fsp3) is 0.562. The molecule has 0 aliphatic carbocycles. The van der Waals surface area contributed by atoms with E-state index in [-0.39, 0.29) is 5.91 Å². The van der Waals surface area contributed by atoms with Gasteiger partial charge in [0, 0.05) is 25.2 Å².